The van der Waals surface area contributed by atoms with Crippen LogP contribution in [0.4, 0.5) is 0 Å². The zero-order valence-electron chi connectivity index (χ0n) is 18.3. The van der Waals surface area contributed by atoms with Gasteiger partial charge < -0.3 is 0 Å². The SMILES string of the molecule is C=C/C=C(\C=C)C(c1ccccc1)(c1ccccc1)c1ccccc1.CC.CC. The number of hydrogen-bond donors (Lipinski definition) is 0. The van der Waals surface area contributed by atoms with Gasteiger partial charge in [0, 0.05) is 0 Å². The van der Waals surface area contributed by atoms with Crippen LogP contribution < -0.4 is 0 Å². The van der Waals surface area contributed by atoms with Gasteiger partial charge in [-0.1, -0.05) is 150 Å². The maximum Gasteiger partial charge on any atom is 0.0701 e. The molecule has 0 fully saturated rings. The van der Waals surface area contributed by atoms with E-state index in [1.807, 2.05) is 39.8 Å². The first-order valence-electron chi connectivity index (χ1n) is 10.5. The Balaban J connectivity index is 0.000000989. The van der Waals surface area contributed by atoms with Gasteiger partial charge in [-0.3, -0.25) is 0 Å². The fourth-order valence-electron chi connectivity index (χ4n) is 3.54. The van der Waals surface area contributed by atoms with Crippen molar-refractivity contribution in [3.05, 3.63) is 145 Å². The van der Waals surface area contributed by atoms with Crippen molar-refractivity contribution in [1.29, 1.82) is 0 Å². The molecule has 0 bridgehead atoms. The predicted octanol–water partition coefficient (Wildman–Crippen LogP) is 8.37. The lowest BCUT2D eigenvalue weighted by Gasteiger charge is -2.37. The molecule has 0 saturated heterocycles. The molecular weight excluding hydrogens is 348 g/mol. The van der Waals surface area contributed by atoms with Gasteiger partial charge in [0.25, 0.3) is 0 Å². The number of benzene rings is 3. The molecule has 0 atom stereocenters. The topological polar surface area (TPSA) is 0 Å². The number of rotatable bonds is 6. The molecule has 0 saturated carbocycles. The van der Waals surface area contributed by atoms with Crippen LogP contribution in [0.15, 0.2) is 128 Å². The van der Waals surface area contributed by atoms with E-state index in [1.165, 1.54) is 16.7 Å². The second-order valence-corrected chi connectivity index (χ2v) is 5.91. The van der Waals surface area contributed by atoms with Gasteiger partial charge in [0.2, 0.25) is 0 Å². The highest BCUT2D eigenvalue weighted by molar-refractivity contribution is 5.61. The molecule has 0 aliphatic rings. The Bertz CT molecular complexity index is 759. The molecule has 0 radical (unpaired) electrons. The molecule has 3 rings (SSSR count). The normalized spacial score (nSPS) is 10.6. The third-order valence-electron chi connectivity index (χ3n) is 4.57. The maximum atomic E-state index is 4.11. The van der Waals surface area contributed by atoms with Crippen LogP contribution in [-0.4, -0.2) is 0 Å². The first-order chi connectivity index (χ1) is 14.3. The van der Waals surface area contributed by atoms with Crippen molar-refractivity contribution in [2.24, 2.45) is 0 Å². The molecule has 0 heteroatoms. The van der Waals surface area contributed by atoms with Crippen LogP contribution in [-0.2, 0) is 5.41 Å². The summed E-state index contributed by atoms with van der Waals surface area (Å²) in [6.45, 7) is 16.0. The standard InChI is InChI=1S/C25H22.2C2H6/c1-3-14-21(4-2)25(22-15-8-5-9-16-22,23-17-10-6-11-18-23)24-19-12-7-13-20-24;2*1-2/h3-20H,1-2H2;2*1-2H3/b21-14+;;. The molecule has 0 aliphatic carbocycles. The Morgan fingerprint density at radius 3 is 1.14 bits per heavy atom. The van der Waals surface area contributed by atoms with Gasteiger partial charge in [0.1, 0.15) is 0 Å². The highest BCUT2D eigenvalue weighted by Crippen LogP contribution is 2.45. The lowest BCUT2D eigenvalue weighted by Crippen LogP contribution is -2.31. The summed E-state index contributed by atoms with van der Waals surface area (Å²) in [7, 11) is 0. The highest BCUT2D eigenvalue weighted by Gasteiger charge is 2.38. The van der Waals surface area contributed by atoms with Crippen molar-refractivity contribution in [1.82, 2.24) is 0 Å². The average Bonchev–Trinajstić information content (AvgIpc) is 2.83. The Hall–Kier alpha value is -3.12. The van der Waals surface area contributed by atoms with Crippen molar-refractivity contribution in [2.45, 2.75) is 33.1 Å². The van der Waals surface area contributed by atoms with E-state index < -0.39 is 5.41 Å². The molecule has 3 aromatic carbocycles. The average molecular weight is 383 g/mol. The van der Waals surface area contributed by atoms with Gasteiger partial charge in [0.15, 0.2) is 0 Å². The second-order valence-electron chi connectivity index (χ2n) is 5.91. The van der Waals surface area contributed by atoms with Gasteiger partial charge in [0.05, 0.1) is 5.41 Å². The van der Waals surface area contributed by atoms with E-state index in [9.17, 15) is 0 Å². The molecule has 0 aromatic heterocycles. The lowest BCUT2D eigenvalue weighted by atomic mass is 9.64. The van der Waals surface area contributed by atoms with E-state index in [0.717, 1.165) is 5.57 Å². The molecule has 0 spiro atoms. The molecule has 0 aliphatic heterocycles. The Labute approximate surface area is 178 Å². The van der Waals surface area contributed by atoms with Crippen molar-refractivity contribution in [3.8, 4) is 0 Å². The molecule has 29 heavy (non-hydrogen) atoms. The molecule has 3 aromatic rings. The minimum Gasteiger partial charge on any atom is -0.0991 e. The van der Waals surface area contributed by atoms with Crippen molar-refractivity contribution < 1.29 is 0 Å². The van der Waals surface area contributed by atoms with Crippen LogP contribution in [0.5, 0.6) is 0 Å². The molecule has 0 nitrogen and oxygen atoms in total. The molecule has 0 N–H and O–H groups in total. The van der Waals surface area contributed by atoms with E-state index >= 15 is 0 Å². The fraction of sp³-hybridized carbons (Fsp3) is 0.172. The van der Waals surface area contributed by atoms with E-state index in [4.69, 9.17) is 0 Å². The largest absolute Gasteiger partial charge is 0.0991 e. The van der Waals surface area contributed by atoms with Gasteiger partial charge >= 0.3 is 0 Å². The highest BCUT2D eigenvalue weighted by atomic mass is 14.4. The monoisotopic (exact) mass is 382 g/mol. The number of hydrogen-bond acceptors (Lipinski definition) is 0. The summed E-state index contributed by atoms with van der Waals surface area (Å²) >= 11 is 0. The Kier molecular flexibility index (Phi) is 10.8. The van der Waals surface area contributed by atoms with Gasteiger partial charge in [-0.15, -0.1) is 0 Å². The van der Waals surface area contributed by atoms with E-state index in [-0.39, 0.29) is 0 Å². The van der Waals surface area contributed by atoms with Gasteiger partial charge in [-0.05, 0) is 22.3 Å². The lowest BCUT2D eigenvalue weighted by molar-refractivity contribution is 0.744. The quantitative estimate of drug-likeness (QED) is 0.297. The maximum absolute atomic E-state index is 4.11. The summed E-state index contributed by atoms with van der Waals surface area (Å²) in [5.41, 5.74) is 4.30. The summed E-state index contributed by atoms with van der Waals surface area (Å²) in [6.07, 6.45) is 5.83. The molecule has 0 heterocycles. The van der Waals surface area contributed by atoms with Crippen molar-refractivity contribution in [2.75, 3.05) is 0 Å². The summed E-state index contributed by atoms with van der Waals surface area (Å²) in [6, 6.07) is 31.8. The van der Waals surface area contributed by atoms with E-state index in [0.29, 0.717) is 0 Å². The first-order valence-corrected chi connectivity index (χ1v) is 10.5. The number of allylic oxidation sites excluding steroid dienone is 4. The first kappa shape index (κ1) is 23.9. The summed E-state index contributed by atoms with van der Waals surface area (Å²) < 4.78 is 0. The van der Waals surface area contributed by atoms with Crippen LogP contribution in [0.25, 0.3) is 0 Å². The van der Waals surface area contributed by atoms with Crippen LogP contribution in [0.2, 0.25) is 0 Å². The van der Waals surface area contributed by atoms with E-state index in [1.54, 1.807) is 0 Å². The third-order valence-corrected chi connectivity index (χ3v) is 4.57. The Morgan fingerprint density at radius 1 is 0.586 bits per heavy atom. The van der Waals surface area contributed by atoms with Crippen LogP contribution in [0, 0.1) is 0 Å². The van der Waals surface area contributed by atoms with Crippen molar-refractivity contribution in [3.63, 3.8) is 0 Å². The molecule has 150 valence electrons. The fourth-order valence-corrected chi connectivity index (χ4v) is 3.54. The smallest absolute Gasteiger partial charge is 0.0701 e. The van der Waals surface area contributed by atoms with Crippen LogP contribution >= 0.6 is 0 Å². The molecule has 0 unspecified atom stereocenters. The third kappa shape index (κ3) is 5.23. The predicted molar refractivity (Wildman–Crippen MR) is 130 cm³/mol. The minimum absolute atomic E-state index is 0.431. The minimum atomic E-state index is -0.431. The molecule has 0 amide bonds. The summed E-state index contributed by atoms with van der Waals surface area (Å²) in [4.78, 5) is 0. The van der Waals surface area contributed by atoms with Gasteiger partial charge in [-0.25, -0.2) is 0 Å². The van der Waals surface area contributed by atoms with Crippen molar-refractivity contribution >= 4 is 0 Å². The zero-order valence-corrected chi connectivity index (χ0v) is 18.3. The summed E-state index contributed by atoms with van der Waals surface area (Å²) in [5.74, 6) is 0. The van der Waals surface area contributed by atoms with Crippen LogP contribution in [0.1, 0.15) is 44.4 Å². The van der Waals surface area contributed by atoms with Gasteiger partial charge in [-0.2, -0.15) is 0 Å². The summed E-state index contributed by atoms with van der Waals surface area (Å²) in [5, 5.41) is 0. The van der Waals surface area contributed by atoms with Crippen LogP contribution in [0.3, 0.4) is 0 Å². The second kappa shape index (κ2) is 13.1. The van der Waals surface area contributed by atoms with E-state index in [2.05, 4.69) is 110 Å². The molecular formula is C29H34. The zero-order chi connectivity index (χ0) is 21.5. The Morgan fingerprint density at radius 2 is 0.897 bits per heavy atom.